The molecule has 1 fully saturated rings. The molecule has 11 heavy (non-hydrogen) atoms. The highest BCUT2D eigenvalue weighted by molar-refractivity contribution is 5.52. The molecule has 0 atom stereocenters. The van der Waals surface area contributed by atoms with Gasteiger partial charge in [0.1, 0.15) is 0 Å². The summed E-state index contributed by atoms with van der Waals surface area (Å²) in [5.74, 6) is 0. The van der Waals surface area contributed by atoms with Gasteiger partial charge in [0.25, 0.3) is 0 Å². The zero-order chi connectivity index (χ0) is 8.10. The Kier molecular flexibility index (Phi) is 3.52. The molecule has 0 spiro atoms. The minimum atomic E-state index is 0.0324. The lowest BCUT2D eigenvalue weighted by Gasteiger charge is -2.27. The van der Waals surface area contributed by atoms with Crippen LogP contribution in [0.3, 0.4) is 0 Å². The van der Waals surface area contributed by atoms with Crippen molar-refractivity contribution >= 4 is 6.29 Å². The number of rotatable bonds is 3. The summed E-state index contributed by atoms with van der Waals surface area (Å²) in [5.41, 5.74) is 0. The summed E-state index contributed by atoms with van der Waals surface area (Å²) in [4.78, 5) is 9.93. The maximum Gasteiger partial charge on any atom is 0.216 e. The van der Waals surface area contributed by atoms with E-state index in [2.05, 4.69) is 0 Å². The maximum atomic E-state index is 9.93. The Morgan fingerprint density at radius 3 is 2.55 bits per heavy atom. The Morgan fingerprint density at radius 2 is 2.00 bits per heavy atom. The fourth-order valence-corrected chi connectivity index (χ4v) is 1.57. The summed E-state index contributed by atoms with van der Waals surface area (Å²) >= 11 is 0. The van der Waals surface area contributed by atoms with Crippen molar-refractivity contribution < 1.29 is 10.0 Å². The monoisotopic (exact) mass is 156 g/mol. The molecule has 1 aliphatic carbocycles. The first kappa shape index (κ1) is 8.68. The van der Waals surface area contributed by atoms with E-state index in [0.29, 0.717) is 0 Å². The lowest BCUT2D eigenvalue weighted by Crippen LogP contribution is -2.35. The van der Waals surface area contributed by atoms with Gasteiger partial charge in [-0.15, -0.1) is 0 Å². The molecule has 0 heterocycles. The van der Waals surface area contributed by atoms with Gasteiger partial charge >= 0.3 is 0 Å². The van der Waals surface area contributed by atoms with Crippen LogP contribution in [0.1, 0.15) is 32.1 Å². The predicted molar refractivity (Wildman–Crippen MR) is 41.1 cm³/mol. The van der Waals surface area contributed by atoms with Gasteiger partial charge in [-0.3, -0.25) is 4.79 Å². The second kappa shape index (κ2) is 4.46. The van der Waals surface area contributed by atoms with Gasteiger partial charge in [-0.25, -0.2) is 0 Å². The van der Waals surface area contributed by atoms with Crippen LogP contribution in [-0.4, -0.2) is 29.1 Å². The van der Waals surface area contributed by atoms with E-state index < -0.39 is 0 Å². The molecule has 0 aromatic rings. The van der Waals surface area contributed by atoms with E-state index in [9.17, 15) is 10.0 Å². The lowest BCUT2D eigenvalue weighted by atomic mass is 9.95. The fourth-order valence-electron chi connectivity index (χ4n) is 1.57. The minimum absolute atomic E-state index is 0.0324. The average Bonchev–Trinajstić information content (AvgIpc) is 2.07. The van der Waals surface area contributed by atoms with Gasteiger partial charge < -0.3 is 5.21 Å². The third-order valence-electron chi connectivity index (χ3n) is 2.22. The molecule has 0 aromatic carbocycles. The quantitative estimate of drug-likeness (QED) is 0.622. The Balaban J connectivity index is 2.26. The van der Waals surface area contributed by atoms with Crippen LogP contribution in [0.15, 0.2) is 0 Å². The molecule has 1 aliphatic rings. The summed E-state index contributed by atoms with van der Waals surface area (Å²) in [6, 6.07) is 0.199. The molecule has 0 unspecified atom stereocenters. The van der Waals surface area contributed by atoms with Gasteiger partial charge in [0.05, 0.1) is 6.54 Å². The molecule has 1 saturated carbocycles. The molecule has 0 bridgehead atoms. The van der Waals surface area contributed by atoms with E-state index in [1.807, 2.05) is 0 Å². The number of nitrogens with zero attached hydrogens (tertiary/aromatic N) is 1. The fraction of sp³-hybridized carbons (Fsp3) is 0.875. The number of hydrogen-bond donors (Lipinski definition) is 1. The van der Waals surface area contributed by atoms with Gasteiger partial charge in [0.15, 0.2) is 0 Å². The van der Waals surface area contributed by atoms with Gasteiger partial charge in [-0.2, -0.15) is 5.06 Å². The summed E-state index contributed by atoms with van der Waals surface area (Å²) in [7, 11) is 0. The second-order valence-corrected chi connectivity index (χ2v) is 3.03. The Hall–Kier alpha value is -0.410. The summed E-state index contributed by atoms with van der Waals surface area (Å²) in [6.45, 7) is 0.0324. The van der Waals surface area contributed by atoms with Crippen LogP contribution in [0.25, 0.3) is 0 Å². The zero-order valence-corrected chi connectivity index (χ0v) is 6.62. The summed E-state index contributed by atoms with van der Waals surface area (Å²) < 4.78 is 0. The largest absolute Gasteiger partial charge is 0.313 e. The number of hydroxylamine groups is 2. The van der Waals surface area contributed by atoms with Crippen LogP contribution in [-0.2, 0) is 4.79 Å². The molecule has 1 rings (SSSR count). The highest BCUT2D eigenvalue weighted by Gasteiger charge is 2.18. The molecule has 0 aliphatic heterocycles. The van der Waals surface area contributed by atoms with Crippen molar-refractivity contribution in [1.82, 2.24) is 5.06 Å². The Labute approximate surface area is 67.0 Å². The number of carbonyl (C=O) groups excluding carboxylic acids is 1. The third kappa shape index (κ3) is 2.60. The SMILES string of the molecule is O=[C]CN(O)C1CCCCC1. The average molecular weight is 156 g/mol. The van der Waals surface area contributed by atoms with Crippen LogP contribution in [0.2, 0.25) is 0 Å². The molecule has 1 N–H and O–H groups in total. The van der Waals surface area contributed by atoms with Crippen LogP contribution >= 0.6 is 0 Å². The zero-order valence-electron chi connectivity index (χ0n) is 6.62. The topological polar surface area (TPSA) is 40.5 Å². The maximum absolute atomic E-state index is 9.93. The van der Waals surface area contributed by atoms with Gasteiger partial charge in [-0.1, -0.05) is 19.3 Å². The molecule has 0 saturated heterocycles. The molecule has 3 heteroatoms. The molecular weight excluding hydrogens is 142 g/mol. The van der Waals surface area contributed by atoms with Crippen LogP contribution in [0.4, 0.5) is 0 Å². The van der Waals surface area contributed by atoms with Gasteiger partial charge in [-0.05, 0) is 12.8 Å². The van der Waals surface area contributed by atoms with E-state index in [0.717, 1.165) is 17.9 Å². The smallest absolute Gasteiger partial charge is 0.216 e. The number of hydrogen-bond acceptors (Lipinski definition) is 3. The normalized spacial score (nSPS) is 20.5. The summed E-state index contributed by atoms with van der Waals surface area (Å²) in [5, 5.41) is 10.4. The van der Waals surface area contributed by atoms with E-state index in [4.69, 9.17) is 0 Å². The highest BCUT2D eigenvalue weighted by atomic mass is 16.5. The van der Waals surface area contributed by atoms with Crippen molar-refractivity contribution in [2.75, 3.05) is 6.54 Å². The van der Waals surface area contributed by atoms with Crippen LogP contribution in [0, 0.1) is 0 Å². The minimum Gasteiger partial charge on any atom is -0.313 e. The Bertz CT molecular complexity index is 121. The second-order valence-electron chi connectivity index (χ2n) is 3.03. The van der Waals surface area contributed by atoms with E-state index in [-0.39, 0.29) is 12.6 Å². The lowest BCUT2D eigenvalue weighted by molar-refractivity contribution is -0.121. The molecule has 63 valence electrons. The van der Waals surface area contributed by atoms with E-state index >= 15 is 0 Å². The van der Waals surface area contributed by atoms with Crippen molar-refractivity contribution in [3.05, 3.63) is 0 Å². The molecular formula is C8H14NO2. The van der Waals surface area contributed by atoms with Crippen LogP contribution in [0.5, 0.6) is 0 Å². The van der Waals surface area contributed by atoms with Crippen molar-refractivity contribution in [3.8, 4) is 0 Å². The predicted octanol–water partition coefficient (Wildman–Crippen LogP) is 1.12. The van der Waals surface area contributed by atoms with Gasteiger partial charge in [0, 0.05) is 6.04 Å². The molecule has 3 nitrogen and oxygen atoms in total. The first-order chi connectivity index (χ1) is 5.34. The molecule has 0 amide bonds. The molecule has 1 radical (unpaired) electrons. The van der Waals surface area contributed by atoms with Crippen molar-refractivity contribution in [1.29, 1.82) is 0 Å². The van der Waals surface area contributed by atoms with Crippen molar-refractivity contribution in [2.45, 2.75) is 38.1 Å². The first-order valence-corrected chi connectivity index (χ1v) is 4.15. The van der Waals surface area contributed by atoms with Crippen molar-refractivity contribution in [2.24, 2.45) is 0 Å². The standard InChI is InChI=1S/C8H14NO2/c10-7-6-9(11)8-4-2-1-3-5-8/h8,11H,1-6H2. The highest BCUT2D eigenvalue weighted by Crippen LogP contribution is 2.20. The van der Waals surface area contributed by atoms with E-state index in [1.165, 1.54) is 19.3 Å². The van der Waals surface area contributed by atoms with Gasteiger partial charge in [0.2, 0.25) is 6.29 Å². The van der Waals surface area contributed by atoms with Crippen molar-refractivity contribution in [3.63, 3.8) is 0 Å². The summed E-state index contributed by atoms with van der Waals surface area (Å²) in [6.07, 6.45) is 7.31. The molecule has 0 aromatic heterocycles. The van der Waals surface area contributed by atoms with E-state index in [1.54, 1.807) is 6.29 Å². The first-order valence-electron chi connectivity index (χ1n) is 4.15. The van der Waals surface area contributed by atoms with Crippen LogP contribution < -0.4 is 0 Å². The Morgan fingerprint density at radius 1 is 1.36 bits per heavy atom. The third-order valence-corrected chi connectivity index (χ3v) is 2.22.